The van der Waals surface area contributed by atoms with Gasteiger partial charge in [-0.2, -0.15) is 0 Å². The minimum atomic E-state index is -0.579. The summed E-state index contributed by atoms with van der Waals surface area (Å²) in [6.07, 6.45) is 5.43. The lowest BCUT2D eigenvalue weighted by atomic mass is 10.1. The Hall–Kier alpha value is -0.0182. The highest BCUT2D eigenvalue weighted by Gasteiger charge is 2.26. The monoisotopic (exact) mass is 152 g/mol. The Bertz CT molecular complexity index is 121. The largest absolute Gasteiger partial charge is 0.376 e. The number of hydrogen-bond acceptors (Lipinski definition) is 1. The van der Waals surface area contributed by atoms with Crippen LogP contribution < -0.4 is 0 Å². The molecule has 1 atom stereocenters. The maximum absolute atomic E-state index is 5.69. The van der Waals surface area contributed by atoms with Crippen LogP contribution in [0, 0.1) is 0 Å². The van der Waals surface area contributed by atoms with Gasteiger partial charge in [-0.1, -0.05) is 6.08 Å². The molecule has 0 aliphatic carbocycles. The van der Waals surface area contributed by atoms with E-state index in [0.29, 0.717) is 0 Å². The lowest BCUT2D eigenvalue weighted by Crippen LogP contribution is -2.40. The topological polar surface area (TPSA) is 9.23 Å². The van der Waals surface area contributed by atoms with Crippen molar-refractivity contribution in [2.45, 2.75) is 24.5 Å². The first-order chi connectivity index (χ1) is 4.83. The van der Waals surface area contributed by atoms with Gasteiger partial charge in [0.1, 0.15) is 0 Å². The molecule has 0 aromatic carbocycles. The van der Waals surface area contributed by atoms with E-state index in [2.05, 4.69) is 6.58 Å². The van der Waals surface area contributed by atoms with Crippen LogP contribution in [0.1, 0.15) is 19.3 Å². The number of rotatable bonds is 2. The van der Waals surface area contributed by atoms with Crippen molar-refractivity contribution in [1.29, 1.82) is 0 Å². The van der Waals surface area contributed by atoms with Crippen molar-refractivity contribution >= 4 is 16.8 Å². The van der Waals surface area contributed by atoms with E-state index in [1.54, 1.807) is 0 Å². The molecule has 1 rings (SSSR count). The fourth-order valence-corrected chi connectivity index (χ4v) is 2.16. The van der Waals surface area contributed by atoms with Crippen molar-refractivity contribution in [3.05, 3.63) is 12.7 Å². The molecule has 1 heterocycles. The molecule has 0 N–H and O–H groups in total. The summed E-state index contributed by atoms with van der Waals surface area (Å²) >= 11 is 0. The lowest BCUT2D eigenvalue weighted by Gasteiger charge is -2.33. The van der Waals surface area contributed by atoms with Crippen molar-refractivity contribution in [3.63, 3.8) is 0 Å². The first-order valence-electron chi connectivity index (χ1n) is 3.81. The van der Waals surface area contributed by atoms with Crippen molar-refractivity contribution in [1.82, 2.24) is 0 Å². The van der Waals surface area contributed by atoms with Crippen LogP contribution in [-0.2, 0) is 4.74 Å². The van der Waals surface area contributed by atoms with Gasteiger partial charge in [0.25, 0.3) is 0 Å². The van der Waals surface area contributed by atoms with Gasteiger partial charge in [-0.3, -0.25) is 0 Å². The second-order valence-electron chi connectivity index (χ2n) is 2.78. The summed E-state index contributed by atoms with van der Waals surface area (Å²) in [7, 11) is 5.11. The molecule has 1 aliphatic rings. The average Bonchev–Trinajstić information content (AvgIpc) is 2.06. The first-order valence-corrected chi connectivity index (χ1v) is 5.33. The molecule has 1 fully saturated rings. The summed E-state index contributed by atoms with van der Waals surface area (Å²) in [5.74, 6) is 0. The Morgan fingerprint density at radius 3 is 2.70 bits per heavy atom. The van der Waals surface area contributed by atoms with E-state index in [4.69, 9.17) is 12.2 Å². The highest BCUT2D eigenvalue weighted by molar-refractivity contribution is 6.91. The summed E-state index contributed by atoms with van der Waals surface area (Å²) in [6.45, 7) is 4.63. The Kier molecular flexibility index (Phi) is 2.74. The summed E-state index contributed by atoms with van der Waals surface area (Å²) in [6, 6.07) is 0. The Morgan fingerprint density at radius 1 is 1.60 bits per heavy atom. The van der Waals surface area contributed by atoms with Crippen LogP contribution in [0.4, 0.5) is 0 Å². The summed E-state index contributed by atoms with van der Waals surface area (Å²) in [5.41, 5.74) is 0. The molecule has 0 spiro atoms. The average molecular weight is 152 g/mol. The minimum absolute atomic E-state index is 0.0573. The zero-order valence-corrected chi connectivity index (χ0v) is 7.72. The van der Waals surface area contributed by atoms with Gasteiger partial charge < -0.3 is 4.74 Å². The fraction of sp³-hybridized carbons (Fsp3) is 0.714. The van der Waals surface area contributed by atoms with Crippen LogP contribution >= 0.6 is 0 Å². The third-order valence-electron chi connectivity index (χ3n) is 2.10. The number of ether oxygens (including phenoxy) is 1. The molecule has 10 heavy (non-hydrogen) atoms. The van der Waals surface area contributed by atoms with E-state index in [1.807, 2.05) is 6.08 Å². The van der Waals surface area contributed by atoms with E-state index in [-0.39, 0.29) is 5.22 Å². The Balaban J connectivity index is 2.52. The van der Waals surface area contributed by atoms with E-state index >= 15 is 0 Å². The normalized spacial score (nSPS) is 34.8. The molecule has 0 aromatic rings. The minimum Gasteiger partial charge on any atom is -0.376 e. The summed E-state index contributed by atoms with van der Waals surface area (Å²) in [4.78, 5) is 0. The van der Waals surface area contributed by atoms with Gasteiger partial charge in [-0.05, 0) is 19.3 Å². The highest BCUT2D eigenvalue weighted by Crippen LogP contribution is 2.23. The Labute approximate surface area is 66.0 Å². The van der Waals surface area contributed by atoms with Crippen LogP contribution in [0.15, 0.2) is 12.7 Å². The van der Waals surface area contributed by atoms with Crippen LogP contribution in [0.25, 0.3) is 0 Å². The fourth-order valence-electron chi connectivity index (χ4n) is 1.28. The van der Waals surface area contributed by atoms with E-state index in [0.717, 1.165) is 13.0 Å². The van der Waals surface area contributed by atoms with Gasteiger partial charge in [0.15, 0.2) is 0 Å². The summed E-state index contributed by atoms with van der Waals surface area (Å²) in [5, 5.41) is -0.0573. The molecule has 0 aromatic heterocycles. The maximum atomic E-state index is 5.69. The second kappa shape index (κ2) is 3.40. The van der Waals surface area contributed by atoms with Crippen LogP contribution in [-0.4, -0.2) is 28.7 Å². The second-order valence-corrected chi connectivity index (χ2v) is 4.38. The smallest absolute Gasteiger partial charge is 0.0610 e. The predicted octanol–water partition coefficient (Wildman–Crippen LogP) is 0.321. The third-order valence-corrected chi connectivity index (χ3v) is 3.64. The zero-order valence-electron chi connectivity index (χ0n) is 6.31. The molecule has 54 valence electrons. The van der Waals surface area contributed by atoms with Crippen molar-refractivity contribution in [3.8, 4) is 0 Å². The first kappa shape index (κ1) is 8.08. The van der Waals surface area contributed by atoms with Gasteiger partial charge >= 0.3 is 0 Å². The molecule has 1 aliphatic heterocycles. The third kappa shape index (κ3) is 1.52. The Morgan fingerprint density at radius 2 is 2.40 bits per heavy atom. The molecule has 0 bridgehead atoms. The van der Waals surface area contributed by atoms with Crippen molar-refractivity contribution in [2.24, 2.45) is 0 Å². The van der Waals surface area contributed by atoms with Gasteiger partial charge in [0.05, 0.1) is 12.7 Å². The van der Waals surface area contributed by atoms with Crippen LogP contribution in [0.3, 0.4) is 0 Å². The van der Waals surface area contributed by atoms with E-state index in [9.17, 15) is 0 Å². The van der Waals surface area contributed by atoms with Gasteiger partial charge in [-0.15, -0.1) is 6.58 Å². The van der Waals surface area contributed by atoms with Gasteiger partial charge in [0, 0.05) is 16.0 Å². The lowest BCUT2D eigenvalue weighted by molar-refractivity contribution is 0.0146. The predicted molar refractivity (Wildman–Crippen MR) is 47.0 cm³/mol. The van der Waals surface area contributed by atoms with Gasteiger partial charge in [0.2, 0.25) is 0 Å². The SMILES string of the molecule is [B][SiH2]C1(C=C)CCCCO1. The molecule has 0 saturated carbocycles. The molecule has 2 radical (unpaired) electrons. The summed E-state index contributed by atoms with van der Waals surface area (Å²) < 4.78 is 5.58. The van der Waals surface area contributed by atoms with Gasteiger partial charge in [-0.25, -0.2) is 0 Å². The van der Waals surface area contributed by atoms with E-state index < -0.39 is 9.39 Å². The molecule has 0 amide bonds. The highest BCUT2D eigenvalue weighted by atomic mass is 28.2. The quantitative estimate of drug-likeness (QED) is 0.409. The maximum Gasteiger partial charge on any atom is 0.0610 e. The van der Waals surface area contributed by atoms with Crippen LogP contribution in [0.2, 0.25) is 0 Å². The van der Waals surface area contributed by atoms with Crippen molar-refractivity contribution in [2.75, 3.05) is 6.61 Å². The van der Waals surface area contributed by atoms with Crippen molar-refractivity contribution < 1.29 is 4.74 Å². The molecular formula is C7H13BOSi. The van der Waals surface area contributed by atoms with E-state index in [1.165, 1.54) is 12.8 Å². The van der Waals surface area contributed by atoms with Crippen LogP contribution in [0.5, 0.6) is 0 Å². The molecule has 1 nitrogen and oxygen atoms in total. The molecule has 1 unspecified atom stereocenters. The molecule has 1 saturated heterocycles. The molecular weight excluding hydrogens is 139 g/mol. The zero-order chi connectivity index (χ0) is 7.45. The molecule has 3 heteroatoms. The number of hydrogen-bond donors (Lipinski definition) is 0. The standard InChI is InChI=1S/C7H13BOSi/c1-2-7(10-8)5-3-4-6-9-7/h2H,1,3-6,10H2.